The summed E-state index contributed by atoms with van der Waals surface area (Å²) in [6.45, 7) is 7.68. The van der Waals surface area contributed by atoms with Gasteiger partial charge >= 0.3 is 0 Å². The van der Waals surface area contributed by atoms with Gasteiger partial charge in [-0.3, -0.25) is 4.79 Å². The number of aryl methyl sites for hydroxylation is 2. The van der Waals surface area contributed by atoms with Crippen LogP contribution in [0, 0.1) is 19.8 Å². The smallest absolute Gasteiger partial charge is 0.252 e. The van der Waals surface area contributed by atoms with Crippen LogP contribution in [-0.2, 0) is 0 Å². The van der Waals surface area contributed by atoms with Crippen molar-refractivity contribution >= 4 is 11.9 Å². The lowest BCUT2D eigenvalue weighted by molar-refractivity contribution is 0.0842. The van der Waals surface area contributed by atoms with Crippen LogP contribution >= 0.6 is 0 Å². The number of nitrogen functional groups attached to an aromatic ring is 1. The minimum Gasteiger partial charge on any atom is -0.368 e. The minimum atomic E-state index is -0.170. The van der Waals surface area contributed by atoms with Gasteiger partial charge < -0.3 is 5.73 Å². The number of nitrogens with two attached hydrogens (primary N) is 1. The van der Waals surface area contributed by atoms with Gasteiger partial charge in [0.05, 0.1) is 0 Å². The second kappa shape index (κ2) is 4.84. The highest BCUT2D eigenvalue weighted by Gasteiger charge is 2.17. The fraction of sp³-hybridized carbons (Fsp3) is 0.357. The zero-order valence-electron chi connectivity index (χ0n) is 11.6. The lowest BCUT2D eigenvalue weighted by Gasteiger charge is -2.03. The zero-order chi connectivity index (χ0) is 14.2. The molecule has 1 aromatic heterocycles. The number of rotatable bonds is 2. The molecule has 19 heavy (non-hydrogen) atoms. The molecule has 0 saturated heterocycles. The van der Waals surface area contributed by atoms with Gasteiger partial charge in [0.25, 0.3) is 5.91 Å². The van der Waals surface area contributed by atoms with Crippen LogP contribution < -0.4 is 5.73 Å². The van der Waals surface area contributed by atoms with E-state index in [0.717, 1.165) is 11.1 Å². The number of benzene rings is 1. The van der Waals surface area contributed by atoms with E-state index in [1.807, 2.05) is 32.0 Å². The average Bonchev–Trinajstić information content (AvgIpc) is 2.73. The third kappa shape index (κ3) is 2.50. The minimum absolute atomic E-state index is 0.131. The van der Waals surface area contributed by atoms with Crippen LogP contribution in [-0.4, -0.2) is 20.7 Å². The summed E-state index contributed by atoms with van der Waals surface area (Å²) in [5.74, 6) is 0.290. The van der Waals surface area contributed by atoms with E-state index in [2.05, 4.69) is 10.1 Å². The fourth-order valence-corrected chi connectivity index (χ4v) is 1.73. The van der Waals surface area contributed by atoms with E-state index in [1.54, 1.807) is 13.8 Å². The van der Waals surface area contributed by atoms with Crippen LogP contribution in [0.4, 0.5) is 5.95 Å². The molecule has 2 N–H and O–H groups in total. The first-order valence-electron chi connectivity index (χ1n) is 6.24. The van der Waals surface area contributed by atoms with Gasteiger partial charge in [0, 0.05) is 11.5 Å². The number of anilines is 1. The molecule has 0 spiro atoms. The predicted molar refractivity (Wildman–Crippen MR) is 74.8 cm³/mol. The number of nitrogens with zero attached hydrogens (tertiary/aromatic N) is 3. The Kier molecular flexibility index (Phi) is 3.38. The Morgan fingerprint density at radius 1 is 1.26 bits per heavy atom. The molecule has 0 amide bonds. The van der Waals surface area contributed by atoms with E-state index >= 15 is 0 Å². The highest BCUT2D eigenvalue weighted by atomic mass is 16.2. The van der Waals surface area contributed by atoms with E-state index in [0.29, 0.717) is 5.82 Å². The van der Waals surface area contributed by atoms with Crippen molar-refractivity contribution in [1.82, 2.24) is 14.8 Å². The van der Waals surface area contributed by atoms with E-state index < -0.39 is 0 Å². The van der Waals surface area contributed by atoms with Crippen molar-refractivity contribution in [2.75, 3.05) is 5.73 Å². The Morgan fingerprint density at radius 2 is 1.95 bits per heavy atom. The van der Waals surface area contributed by atoms with Crippen molar-refractivity contribution in [3.63, 3.8) is 0 Å². The maximum atomic E-state index is 11.9. The van der Waals surface area contributed by atoms with E-state index in [1.165, 1.54) is 10.2 Å². The SMILES string of the molecule is Cc1ccc(-c2nc(N)n(C(=O)C(C)C)n2)cc1C. The van der Waals surface area contributed by atoms with Gasteiger partial charge in [-0.2, -0.15) is 9.67 Å². The Hall–Kier alpha value is -2.17. The second-order valence-corrected chi connectivity index (χ2v) is 5.00. The quantitative estimate of drug-likeness (QED) is 0.897. The van der Waals surface area contributed by atoms with Gasteiger partial charge in [0.1, 0.15) is 0 Å². The van der Waals surface area contributed by atoms with Crippen molar-refractivity contribution in [2.45, 2.75) is 27.7 Å². The van der Waals surface area contributed by atoms with Gasteiger partial charge in [0.15, 0.2) is 5.82 Å². The van der Waals surface area contributed by atoms with Crippen LogP contribution in [0.1, 0.15) is 29.8 Å². The first-order chi connectivity index (χ1) is 8.90. The monoisotopic (exact) mass is 258 g/mol. The largest absolute Gasteiger partial charge is 0.368 e. The maximum Gasteiger partial charge on any atom is 0.252 e. The van der Waals surface area contributed by atoms with Crippen molar-refractivity contribution in [1.29, 1.82) is 0 Å². The van der Waals surface area contributed by atoms with Crippen molar-refractivity contribution in [2.24, 2.45) is 5.92 Å². The summed E-state index contributed by atoms with van der Waals surface area (Å²) in [7, 11) is 0. The lowest BCUT2D eigenvalue weighted by atomic mass is 10.1. The van der Waals surface area contributed by atoms with Gasteiger partial charge in [-0.15, -0.1) is 5.10 Å². The molecule has 0 saturated carbocycles. The van der Waals surface area contributed by atoms with Crippen LogP contribution in [0.15, 0.2) is 18.2 Å². The molecule has 0 fully saturated rings. The Bertz CT molecular complexity index is 628. The molecule has 0 aliphatic carbocycles. The molecule has 0 aliphatic heterocycles. The van der Waals surface area contributed by atoms with Crippen LogP contribution in [0.25, 0.3) is 11.4 Å². The number of hydrogen-bond donors (Lipinski definition) is 1. The molecule has 5 heteroatoms. The summed E-state index contributed by atoms with van der Waals surface area (Å²) in [6, 6.07) is 5.93. The highest BCUT2D eigenvalue weighted by molar-refractivity contribution is 5.82. The summed E-state index contributed by atoms with van der Waals surface area (Å²) < 4.78 is 1.18. The fourth-order valence-electron chi connectivity index (χ4n) is 1.73. The molecule has 5 nitrogen and oxygen atoms in total. The molecule has 1 heterocycles. The van der Waals surface area contributed by atoms with E-state index in [4.69, 9.17) is 5.73 Å². The first-order valence-corrected chi connectivity index (χ1v) is 6.24. The average molecular weight is 258 g/mol. The van der Waals surface area contributed by atoms with Gasteiger partial charge in [-0.25, -0.2) is 0 Å². The molecule has 2 rings (SSSR count). The predicted octanol–water partition coefficient (Wildman–Crippen LogP) is 2.44. The molecule has 2 aromatic rings. The van der Waals surface area contributed by atoms with Crippen LogP contribution in [0.2, 0.25) is 0 Å². The third-order valence-electron chi connectivity index (χ3n) is 3.10. The first kappa shape index (κ1) is 13.3. The van der Waals surface area contributed by atoms with Gasteiger partial charge in [0.2, 0.25) is 5.95 Å². The van der Waals surface area contributed by atoms with Crippen LogP contribution in [0.3, 0.4) is 0 Å². The molecular weight excluding hydrogens is 240 g/mol. The number of aromatic nitrogens is 3. The normalized spacial score (nSPS) is 11.0. The van der Waals surface area contributed by atoms with E-state index in [-0.39, 0.29) is 17.8 Å². The molecule has 100 valence electrons. The summed E-state index contributed by atoms with van der Waals surface area (Å²) in [5, 5.41) is 4.20. The lowest BCUT2D eigenvalue weighted by Crippen LogP contribution is -2.20. The van der Waals surface area contributed by atoms with Gasteiger partial charge in [-0.05, 0) is 31.0 Å². The topological polar surface area (TPSA) is 73.8 Å². The molecule has 0 unspecified atom stereocenters. The van der Waals surface area contributed by atoms with Crippen molar-refractivity contribution < 1.29 is 4.79 Å². The highest BCUT2D eigenvalue weighted by Crippen LogP contribution is 2.20. The maximum absolute atomic E-state index is 11.9. The Labute approximate surface area is 112 Å². The number of carbonyl (C=O) groups is 1. The van der Waals surface area contributed by atoms with Crippen molar-refractivity contribution in [3.05, 3.63) is 29.3 Å². The van der Waals surface area contributed by atoms with Crippen LogP contribution in [0.5, 0.6) is 0 Å². The van der Waals surface area contributed by atoms with Gasteiger partial charge in [-0.1, -0.05) is 26.0 Å². The Morgan fingerprint density at radius 3 is 2.53 bits per heavy atom. The summed E-state index contributed by atoms with van der Waals surface area (Å²) in [5.41, 5.74) is 8.98. The number of carbonyl (C=O) groups excluding carboxylic acids is 1. The number of hydrogen-bond acceptors (Lipinski definition) is 4. The van der Waals surface area contributed by atoms with E-state index in [9.17, 15) is 4.79 Å². The molecule has 0 atom stereocenters. The summed E-state index contributed by atoms with van der Waals surface area (Å²) in [4.78, 5) is 16.1. The van der Waals surface area contributed by atoms with Crippen molar-refractivity contribution in [3.8, 4) is 11.4 Å². The zero-order valence-corrected chi connectivity index (χ0v) is 11.6. The third-order valence-corrected chi connectivity index (χ3v) is 3.10. The molecule has 0 bridgehead atoms. The molecule has 0 radical (unpaired) electrons. The molecule has 0 aliphatic rings. The Balaban J connectivity index is 2.44. The molecule has 1 aromatic carbocycles. The summed E-state index contributed by atoms with van der Waals surface area (Å²) >= 11 is 0. The standard InChI is InChI=1S/C14H18N4O/c1-8(2)13(19)18-14(15)16-12(17-18)11-6-5-9(3)10(4)7-11/h5-8H,1-4H3,(H2,15,16,17). The summed E-state index contributed by atoms with van der Waals surface area (Å²) in [6.07, 6.45) is 0. The second-order valence-electron chi connectivity index (χ2n) is 5.00. The molecular formula is C14H18N4O.